The summed E-state index contributed by atoms with van der Waals surface area (Å²) in [6.07, 6.45) is 6.83. The van der Waals surface area contributed by atoms with Crippen LogP contribution in [0.1, 0.15) is 37.5 Å². The summed E-state index contributed by atoms with van der Waals surface area (Å²) in [4.78, 5) is 0. The summed E-state index contributed by atoms with van der Waals surface area (Å²) in [5.41, 5.74) is 2.79. The van der Waals surface area contributed by atoms with Crippen LogP contribution in [0.5, 0.6) is 0 Å². The maximum absolute atomic E-state index is 5.46. The zero-order valence-electron chi connectivity index (χ0n) is 7.70. The Hall–Kier alpha value is -0.800. The molecule has 0 saturated heterocycles. The third kappa shape index (κ3) is 2.32. The first-order valence-electron chi connectivity index (χ1n) is 4.89. The number of furan rings is 1. The molecular weight excluding hydrogens is 164 g/mol. The van der Waals surface area contributed by atoms with Crippen LogP contribution < -0.4 is 11.3 Å². The molecule has 72 valence electrons. The first kappa shape index (κ1) is 8.78. The van der Waals surface area contributed by atoms with Crippen molar-refractivity contribution in [3.8, 4) is 0 Å². The van der Waals surface area contributed by atoms with E-state index in [1.54, 1.807) is 6.26 Å². The van der Waals surface area contributed by atoms with Crippen molar-refractivity contribution < 1.29 is 4.42 Å². The van der Waals surface area contributed by atoms with E-state index in [9.17, 15) is 0 Å². The molecule has 0 spiro atoms. The van der Waals surface area contributed by atoms with Crippen molar-refractivity contribution in [1.29, 1.82) is 0 Å². The van der Waals surface area contributed by atoms with Crippen molar-refractivity contribution in [2.45, 2.75) is 31.7 Å². The Morgan fingerprint density at radius 3 is 3.00 bits per heavy atom. The summed E-state index contributed by atoms with van der Waals surface area (Å²) >= 11 is 0. The molecule has 2 rings (SSSR count). The Kier molecular flexibility index (Phi) is 2.66. The van der Waals surface area contributed by atoms with E-state index in [4.69, 9.17) is 10.3 Å². The molecule has 0 radical (unpaired) electrons. The van der Waals surface area contributed by atoms with E-state index >= 15 is 0 Å². The third-order valence-corrected chi connectivity index (χ3v) is 2.65. The van der Waals surface area contributed by atoms with E-state index in [-0.39, 0.29) is 6.04 Å². The molecule has 1 fully saturated rings. The SMILES string of the molecule is NNC(CCC1CC1)c1ccco1. The number of nitrogens with two attached hydrogens (primary N) is 1. The van der Waals surface area contributed by atoms with Crippen molar-refractivity contribution in [3.63, 3.8) is 0 Å². The van der Waals surface area contributed by atoms with Crippen LogP contribution in [0.4, 0.5) is 0 Å². The molecule has 1 atom stereocenters. The highest BCUT2D eigenvalue weighted by Gasteiger charge is 2.23. The summed E-state index contributed by atoms with van der Waals surface area (Å²) in [6.45, 7) is 0. The fraction of sp³-hybridized carbons (Fsp3) is 0.600. The van der Waals surface area contributed by atoms with Crippen LogP contribution in [0.15, 0.2) is 22.8 Å². The molecule has 0 aliphatic heterocycles. The van der Waals surface area contributed by atoms with Crippen molar-refractivity contribution >= 4 is 0 Å². The molecule has 0 amide bonds. The standard InChI is InChI=1S/C10H16N2O/c11-12-9(6-5-8-3-4-8)10-2-1-7-13-10/h1-2,7-9,12H,3-6,11H2. The lowest BCUT2D eigenvalue weighted by atomic mass is 10.1. The molecule has 3 N–H and O–H groups in total. The van der Waals surface area contributed by atoms with Gasteiger partial charge in [0.25, 0.3) is 0 Å². The van der Waals surface area contributed by atoms with E-state index in [2.05, 4.69) is 5.43 Å². The minimum atomic E-state index is 0.190. The van der Waals surface area contributed by atoms with Crippen molar-refractivity contribution in [2.24, 2.45) is 11.8 Å². The van der Waals surface area contributed by atoms with E-state index in [1.165, 1.54) is 19.3 Å². The molecule has 1 aromatic rings. The predicted molar refractivity (Wildman–Crippen MR) is 50.7 cm³/mol. The summed E-state index contributed by atoms with van der Waals surface area (Å²) < 4.78 is 5.30. The van der Waals surface area contributed by atoms with Crippen molar-refractivity contribution in [2.75, 3.05) is 0 Å². The summed E-state index contributed by atoms with van der Waals surface area (Å²) in [5, 5.41) is 0. The average molecular weight is 180 g/mol. The van der Waals surface area contributed by atoms with E-state index < -0.39 is 0 Å². The Morgan fingerprint density at radius 1 is 1.62 bits per heavy atom. The van der Waals surface area contributed by atoms with Gasteiger partial charge >= 0.3 is 0 Å². The highest BCUT2D eigenvalue weighted by atomic mass is 16.3. The molecule has 3 nitrogen and oxygen atoms in total. The molecule has 0 aromatic carbocycles. The molecular formula is C10H16N2O. The quantitative estimate of drug-likeness (QED) is 0.538. The van der Waals surface area contributed by atoms with E-state index in [1.807, 2.05) is 12.1 Å². The van der Waals surface area contributed by atoms with Gasteiger partial charge in [0.2, 0.25) is 0 Å². The monoisotopic (exact) mass is 180 g/mol. The lowest BCUT2D eigenvalue weighted by molar-refractivity contribution is 0.388. The van der Waals surface area contributed by atoms with Gasteiger partial charge in [-0.2, -0.15) is 0 Å². The molecule has 13 heavy (non-hydrogen) atoms. The summed E-state index contributed by atoms with van der Waals surface area (Å²) in [6, 6.07) is 4.06. The van der Waals surface area contributed by atoms with Crippen LogP contribution in [0.25, 0.3) is 0 Å². The lowest BCUT2D eigenvalue weighted by Crippen LogP contribution is -2.27. The number of hydrogen-bond acceptors (Lipinski definition) is 3. The van der Waals surface area contributed by atoms with Crippen molar-refractivity contribution in [3.05, 3.63) is 24.2 Å². The molecule has 1 unspecified atom stereocenters. The maximum atomic E-state index is 5.46. The van der Waals surface area contributed by atoms with Gasteiger partial charge in [0.05, 0.1) is 12.3 Å². The second-order valence-corrected chi connectivity index (χ2v) is 3.76. The first-order chi connectivity index (χ1) is 6.40. The largest absolute Gasteiger partial charge is 0.468 e. The molecule has 0 bridgehead atoms. The normalized spacial score (nSPS) is 18.8. The van der Waals surface area contributed by atoms with Crippen LogP contribution in [-0.2, 0) is 0 Å². The van der Waals surface area contributed by atoms with Crippen LogP contribution in [-0.4, -0.2) is 0 Å². The highest BCUT2D eigenvalue weighted by Crippen LogP contribution is 2.35. The fourth-order valence-corrected chi connectivity index (χ4v) is 1.61. The number of nitrogens with one attached hydrogen (secondary N) is 1. The van der Waals surface area contributed by atoms with Gasteiger partial charge in [0, 0.05) is 0 Å². The van der Waals surface area contributed by atoms with Gasteiger partial charge in [0.15, 0.2) is 0 Å². The third-order valence-electron chi connectivity index (χ3n) is 2.65. The molecule has 1 heterocycles. The Morgan fingerprint density at radius 2 is 2.46 bits per heavy atom. The topological polar surface area (TPSA) is 51.2 Å². The smallest absolute Gasteiger partial charge is 0.122 e. The zero-order valence-corrected chi connectivity index (χ0v) is 7.70. The van der Waals surface area contributed by atoms with Gasteiger partial charge in [-0.3, -0.25) is 5.84 Å². The molecule has 3 heteroatoms. The molecule has 1 saturated carbocycles. The van der Waals surface area contributed by atoms with Gasteiger partial charge in [-0.1, -0.05) is 12.8 Å². The van der Waals surface area contributed by atoms with Gasteiger partial charge in [0.1, 0.15) is 5.76 Å². The first-order valence-corrected chi connectivity index (χ1v) is 4.89. The van der Waals surface area contributed by atoms with Gasteiger partial charge in [-0.05, 0) is 30.9 Å². The van der Waals surface area contributed by atoms with Gasteiger partial charge in [-0.15, -0.1) is 0 Å². The molecule has 1 aromatic heterocycles. The second kappa shape index (κ2) is 3.94. The minimum Gasteiger partial charge on any atom is -0.468 e. The van der Waals surface area contributed by atoms with Gasteiger partial charge < -0.3 is 4.42 Å². The van der Waals surface area contributed by atoms with Crippen molar-refractivity contribution in [1.82, 2.24) is 5.43 Å². The van der Waals surface area contributed by atoms with E-state index in [0.29, 0.717) is 0 Å². The van der Waals surface area contributed by atoms with Crippen LogP contribution >= 0.6 is 0 Å². The van der Waals surface area contributed by atoms with Crippen LogP contribution in [0.2, 0.25) is 0 Å². The number of hydrazine groups is 1. The van der Waals surface area contributed by atoms with Crippen LogP contribution in [0.3, 0.4) is 0 Å². The Balaban J connectivity index is 1.85. The highest BCUT2D eigenvalue weighted by molar-refractivity contribution is 5.03. The second-order valence-electron chi connectivity index (χ2n) is 3.76. The average Bonchev–Trinajstić information content (AvgIpc) is 2.81. The Bertz CT molecular complexity index is 241. The lowest BCUT2D eigenvalue weighted by Gasteiger charge is -2.12. The number of rotatable bonds is 5. The van der Waals surface area contributed by atoms with E-state index in [0.717, 1.165) is 18.1 Å². The number of hydrogen-bond donors (Lipinski definition) is 2. The molecule has 1 aliphatic rings. The predicted octanol–water partition coefficient (Wildman–Crippen LogP) is 1.97. The molecule has 1 aliphatic carbocycles. The maximum Gasteiger partial charge on any atom is 0.122 e. The summed E-state index contributed by atoms with van der Waals surface area (Å²) in [7, 11) is 0. The fourth-order valence-electron chi connectivity index (χ4n) is 1.61. The zero-order chi connectivity index (χ0) is 9.10. The summed E-state index contributed by atoms with van der Waals surface area (Å²) in [5.74, 6) is 7.36. The Labute approximate surface area is 78.3 Å². The minimum absolute atomic E-state index is 0.190. The van der Waals surface area contributed by atoms with Gasteiger partial charge in [-0.25, -0.2) is 5.43 Å². The van der Waals surface area contributed by atoms with Crippen LogP contribution in [0, 0.1) is 5.92 Å².